The molecular formula is C47H72O5. The molecule has 0 fully saturated rings. The maximum absolute atomic E-state index is 12.1. The number of unbranched alkanes of at least 4 members (excludes halogenated alkanes) is 6. The Morgan fingerprint density at radius 2 is 0.865 bits per heavy atom. The highest BCUT2D eigenvalue weighted by molar-refractivity contribution is 5.70. The Bertz CT molecular complexity index is 1130. The molecule has 1 atom stereocenters. The van der Waals surface area contributed by atoms with E-state index in [1.54, 1.807) is 0 Å². The van der Waals surface area contributed by atoms with Crippen molar-refractivity contribution in [3.8, 4) is 0 Å². The minimum Gasteiger partial charge on any atom is -0.462 e. The lowest BCUT2D eigenvalue weighted by Gasteiger charge is -2.15. The molecule has 5 nitrogen and oxygen atoms in total. The largest absolute Gasteiger partial charge is 0.462 e. The van der Waals surface area contributed by atoms with E-state index in [1.807, 2.05) is 12.2 Å². The van der Waals surface area contributed by atoms with Crippen molar-refractivity contribution in [2.45, 2.75) is 148 Å². The number of ether oxygens (including phenoxy) is 2. The summed E-state index contributed by atoms with van der Waals surface area (Å²) in [6.45, 7) is 3.88. The SMILES string of the molecule is CCC=CCC=CCC=CCC=CCC=CCCCCCC(=O)OC[C@H](CO)OC(=O)CCC=CCC=CCC=CCC=CCC=CCCCCC. The van der Waals surface area contributed by atoms with Crippen LogP contribution in [0.3, 0.4) is 0 Å². The van der Waals surface area contributed by atoms with Crippen molar-refractivity contribution in [2.75, 3.05) is 13.2 Å². The number of hydrogen-bond acceptors (Lipinski definition) is 5. The van der Waals surface area contributed by atoms with Gasteiger partial charge in [0.1, 0.15) is 6.61 Å². The summed E-state index contributed by atoms with van der Waals surface area (Å²) in [7, 11) is 0. The zero-order valence-electron chi connectivity index (χ0n) is 32.8. The summed E-state index contributed by atoms with van der Waals surface area (Å²) >= 11 is 0. The van der Waals surface area contributed by atoms with Gasteiger partial charge in [0.15, 0.2) is 6.10 Å². The summed E-state index contributed by atoms with van der Waals surface area (Å²) < 4.78 is 10.5. The highest BCUT2D eigenvalue weighted by Gasteiger charge is 2.15. The number of hydrogen-bond donors (Lipinski definition) is 1. The van der Waals surface area contributed by atoms with Crippen LogP contribution in [0.4, 0.5) is 0 Å². The smallest absolute Gasteiger partial charge is 0.306 e. The van der Waals surface area contributed by atoms with Crippen molar-refractivity contribution in [3.05, 3.63) is 122 Å². The molecule has 0 aromatic rings. The predicted octanol–water partition coefficient (Wildman–Crippen LogP) is 12.8. The first kappa shape index (κ1) is 48.3. The molecular weight excluding hydrogens is 645 g/mol. The van der Waals surface area contributed by atoms with Gasteiger partial charge in [0.05, 0.1) is 6.61 Å². The van der Waals surface area contributed by atoms with Gasteiger partial charge in [-0.1, -0.05) is 155 Å². The van der Waals surface area contributed by atoms with Gasteiger partial charge in [-0.3, -0.25) is 9.59 Å². The first-order chi connectivity index (χ1) is 25.6. The van der Waals surface area contributed by atoms with E-state index >= 15 is 0 Å². The summed E-state index contributed by atoms with van der Waals surface area (Å²) in [5.41, 5.74) is 0. The van der Waals surface area contributed by atoms with Gasteiger partial charge >= 0.3 is 11.9 Å². The maximum atomic E-state index is 12.1. The molecule has 0 aromatic carbocycles. The molecule has 0 radical (unpaired) electrons. The molecule has 0 bridgehead atoms. The molecule has 0 unspecified atom stereocenters. The van der Waals surface area contributed by atoms with Crippen molar-refractivity contribution in [1.82, 2.24) is 0 Å². The van der Waals surface area contributed by atoms with Gasteiger partial charge < -0.3 is 14.6 Å². The number of carbonyl (C=O) groups excluding carboxylic acids is 2. The average Bonchev–Trinajstić information content (AvgIpc) is 3.15. The highest BCUT2D eigenvalue weighted by atomic mass is 16.6. The predicted molar refractivity (Wildman–Crippen MR) is 223 cm³/mol. The van der Waals surface area contributed by atoms with E-state index in [9.17, 15) is 14.7 Å². The minimum absolute atomic E-state index is 0.122. The van der Waals surface area contributed by atoms with Crippen molar-refractivity contribution < 1.29 is 24.2 Å². The van der Waals surface area contributed by atoms with E-state index in [0.717, 1.165) is 83.5 Å². The lowest BCUT2D eigenvalue weighted by atomic mass is 10.1. The molecule has 0 saturated carbocycles. The van der Waals surface area contributed by atoms with E-state index in [2.05, 4.69) is 123 Å². The number of esters is 2. The lowest BCUT2D eigenvalue weighted by molar-refractivity contribution is -0.161. The quantitative estimate of drug-likeness (QED) is 0.0408. The van der Waals surface area contributed by atoms with Crippen molar-refractivity contribution in [1.29, 1.82) is 0 Å². The molecule has 5 heteroatoms. The Labute approximate surface area is 318 Å². The molecule has 1 N–H and O–H groups in total. The van der Waals surface area contributed by atoms with Crippen LogP contribution < -0.4 is 0 Å². The van der Waals surface area contributed by atoms with Crippen molar-refractivity contribution >= 4 is 11.9 Å². The van der Waals surface area contributed by atoms with Gasteiger partial charge in [-0.25, -0.2) is 0 Å². The Morgan fingerprint density at radius 3 is 1.29 bits per heavy atom. The van der Waals surface area contributed by atoms with E-state index in [1.165, 1.54) is 25.7 Å². The second-order valence-corrected chi connectivity index (χ2v) is 12.6. The fraction of sp³-hybridized carbons (Fsp3) is 0.532. The van der Waals surface area contributed by atoms with Gasteiger partial charge in [-0.2, -0.15) is 0 Å². The molecule has 0 aliphatic rings. The summed E-state index contributed by atoms with van der Waals surface area (Å²) in [6, 6.07) is 0. The van der Waals surface area contributed by atoms with Gasteiger partial charge in [-0.15, -0.1) is 0 Å². The molecule has 0 amide bonds. The van der Waals surface area contributed by atoms with Crippen LogP contribution in [-0.2, 0) is 19.1 Å². The van der Waals surface area contributed by atoms with Crippen LogP contribution in [0.25, 0.3) is 0 Å². The van der Waals surface area contributed by atoms with Crippen molar-refractivity contribution in [2.24, 2.45) is 0 Å². The lowest BCUT2D eigenvalue weighted by Crippen LogP contribution is -2.28. The first-order valence-corrected chi connectivity index (χ1v) is 20.1. The van der Waals surface area contributed by atoms with E-state index < -0.39 is 12.1 Å². The topological polar surface area (TPSA) is 72.8 Å². The monoisotopic (exact) mass is 717 g/mol. The molecule has 52 heavy (non-hydrogen) atoms. The fourth-order valence-corrected chi connectivity index (χ4v) is 4.74. The van der Waals surface area contributed by atoms with Gasteiger partial charge in [0.25, 0.3) is 0 Å². The van der Waals surface area contributed by atoms with Crippen LogP contribution >= 0.6 is 0 Å². The van der Waals surface area contributed by atoms with Gasteiger partial charge in [-0.05, 0) is 96.3 Å². The first-order valence-electron chi connectivity index (χ1n) is 20.1. The molecule has 0 heterocycles. The Balaban J connectivity index is 3.80. The van der Waals surface area contributed by atoms with Crippen LogP contribution in [0.1, 0.15) is 142 Å². The Morgan fingerprint density at radius 1 is 0.462 bits per heavy atom. The number of carbonyl (C=O) groups is 2. The second kappa shape index (κ2) is 41.7. The molecule has 0 rings (SSSR count). The van der Waals surface area contributed by atoms with E-state index in [-0.39, 0.29) is 25.6 Å². The highest BCUT2D eigenvalue weighted by Crippen LogP contribution is 2.07. The van der Waals surface area contributed by atoms with Crippen LogP contribution in [0.2, 0.25) is 0 Å². The summed E-state index contributed by atoms with van der Waals surface area (Å²) in [5.74, 6) is -0.739. The fourth-order valence-electron chi connectivity index (χ4n) is 4.74. The zero-order chi connectivity index (χ0) is 37.8. The summed E-state index contributed by atoms with van der Waals surface area (Å²) in [4.78, 5) is 24.2. The third-order valence-corrected chi connectivity index (χ3v) is 7.75. The van der Waals surface area contributed by atoms with Crippen LogP contribution in [0, 0.1) is 0 Å². The number of allylic oxidation sites excluding steroid dienone is 20. The van der Waals surface area contributed by atoms with Crippen LogP contribution in [-0.4, -0.2) is 36.4 Å². The zero-order valence-corrected chi connectivity index (χ0v) is 32.8. The molecule has 0 saturated heterocycles. The third-order valence-electron chi connectivity index (χ3n) is 7.75. The van der Waals surface area contributed by atoms with Crippen LogP contribution in [0.15, 0.2) is 122 Å². The minimum atomic E-state index is -0.834. The molecule has 0 aromatic heterocycles. The Hall–Kier alpha value is -3.70. The average molecular weight is 717 g/mol. The van der Waals surface area contributed by atoms with Gasteiger partial charge in [0.2, 0.25) is 0 Å². The Kier molecular flexibility index (Phi) is 38.8. The molecule has 0 aliphatic heterocycles. The summed E-state index contributed by atoms with van der Waals surface area (Å²) in [6.07, 6.45) is 61.2. The maximum Gasteiger partial charge on any atom is 0.306 e. The van der Waals surface area contributed by atoms with E-state index in [0.29, 0.717) is 12.8 Å². The number of aliphatic hydroxyl groups is 1. The van der Waals surface area contributed by atoms with Gasteiger partial charge in [0, 0.05) is 12.8 Å². The second-order valence-electron chi connectivity index (χ2n) is 12.6. The standard InChI is InChI=1S/C47H72O5/c1-3-5-7-9-11-13-15-17-19-21-23-25-27-29-31-33-35-37-39-41-46(49)51-44-45(43-48)52-47(50)42-40-38-36-34-32-30-28-26-24-22-20-18-16-14-12-10-8-6-4-2/h5,7,11-14,17-20,23-26,29-32,36,38,45,48H,3-4,6,8-10,15-16,21-22,27-28,33-35,37,39-44H2,1-2H3/t45-/m0/s1. The normalized spacial score (nSPS) is 13.5. The molecule has 0 aliphatic carbocycles. The molecule has 0 spiro atoms. The number of aliphatic hydroxyl groups excluding tert-OH is 1. The third kappa shape index (κ3) is 39.1. The number of rotatable bonds is 34. The van der Waals surface area contributed by atoms with Crippen LogP contribution in [0.5, 0.6) is 0 Å². The van der Waals surface area contributed by atoms with E-state index in [4.69, 9.17) is 9.47 Å². The van der Waals surface area contributed by atoms with Crippen molar-refractivity contribution in [3.63, 3.8) is 0 Å². The molecule has 290 valence electrons. The summed E-state index contributed by atoms with van der Waals surface area (Å²) in [5, 5.41) is 9.55.